The van der Waals surface area contributed by atoms with Gasteiger partial charge in [0.1, 0.15) is 11.3 Å². The van der Waals surface area contributed by atoms with Gasteiger partial charge in [0.15, 0.2) is 6.61 Å². The molecule has 0 saturated heterocycles. The number of amides is 1. The van der Waals surface area contributed by atoms with Crippen LogP contribution in [0.3, 0.4) is 0 Å². The van der Waals surface area contributed by atoms with Crippen LogP contribution >= 0.6 is 15.9 Å². The molecule has 2 aromatic rings. The minimum atomic E-state index is -0.574. The Morgan fingerprint density at radius 1 is 1.32 bits per heavy atom. The number of ether oxygens (including phenoxy) is 1. The monoisotopic (exact) mass is 365 g/mol. The number of halogens is 1. The number of carbonyl (C=O) groups is 2. The highest BCUT2D eigenvalue weighted by Gasteiger charge is 2.16. The molecule has 1 amide bonds. The molecule has 0 radical (unpaired) electrons. The predicted molar refractivity (Wildman–Crippen MR) is 84.4 cm³/mol. The number of nitrogens with one attached hydrogen (secondary N) is 1. The first-order valence-corrected chi connectivity index (χ1v) is 7.53. The second-order valence-electron chi connectivity index (χ2n) is 4.78. The largest absolute Gasteiger partial charge is 0.469 e. The minimum Gasteiger partial charge on any atom is -0.469 e. The lowest BCUT2D eigenvalue weighted by Gasteiger charge is -2.15. The molecule has 5 nitrogen and oxygen atoms in total. The molecule has 0 aliphatic heterocycles. The Bertz CT molecular complexity index is 680. The first-order chi connectivity index (χ1) is 10.5. The van der Waals surface area contributed by atoms with Crippen LogP contribution in [-0.2, 0) is 9.53 Å². The number of benzene rings is 1. The van der Waals surface area contributed by atoms with Crippen LogP contribution in [0, 0.1) is 6.92 Å². The number of aryl methyl sites for hydroxylation is 1. The van der Waals surface area contributed by atoms with Crippen molar-refractivity contribution in [3.8, 4) is 0 Å². The molecule has 0 bridgehead atoms. The van der Waals surface area contributed by atoms with Crippen molar-refractivity contribution in [1.82, 2.24) is 5.32 Å². The summed E-state index contributed by atoms with van der Waals surface area (Å²) in [5.41, 5.74) is 1.28. The van der Waals surface area contributed by atoms with Gasteiger partial charge in [-0.15, -0.1) is 0 Å². The molecule has 1 heterocycles. The fraction of sp³-hybridized carbons (Fsp3) is 0.250. The molecule has 0 aliphatic rings. The van der Waals surface area contributed by atoms with Crippen molar-refractivity contribution >= 4 is 27.8 Å². The third-order valence-electron chi connectivity index (χ3n) is 3.16. The summed E-state index contributed by atoms with van der Waals surface area (Å²) in [6.45, 7) is 3.18. The quantitative estimate of drug-likeness (QED) is 0.824. The third-order valence-corrected chi connectivity index (χ3v) is 3.88. The van der Waals surface area contributed by atoms with E-state index in [1.54, 1.807) is 6.92 Å². The highest BCUT2D eigenvalue weighted by molar-refractivity contribution is 9.10. The summed E-state index contributed by atoms with van der Waals surface area (Å²) >= 11 is 3.44. The van der Waals surface area contributed by atoms with Crippen molar-refractivity contribution in [2.45, 2.75) is 19.9 Å². The van der Waals surface area contributed by atoms with E-state index < -0.39 is 5.97 Å². The zero-order valence-electron chi connectivity index (χ0n) is 12.3. The van der Waals surface area contributed by atoms with E-state index in [0.29, 0.717) is 11.3 Å². The van der Waals surface area contributed by atoms with Crippen molar-refractivity contribution in [2.24, 2.45) is 0 Å². The average molecular weight is 366 g/mol. The van der Waals surface area contributed by atoms with Crippen molar-refractivity contribution in [3.63, 3.8) is 0 Å². The van der Waals surface area contributed by atoms with Gasteiger partial charge in [0, 0.05) is 4.47 Å². The maximum absolute atomic E-state index is 11.9. The Morgan fingerprint density at radius 3 is 2.68 bits per heavy atom. The number of hydrogen-bond acceptors (Lipinski definition) is 4. The van der Waals surface area contributed by atoms with Crippen LogP contribution in [0.5, 0.6) is 0 Å². The lowest BCUT2D eigenvalue weighted by Crippen LogP contribution is -2.31. The lowest BCUT2D eigenvalue weighted by atomic mass is 10.1. The molecule has 1 aromatic carbocycles. The highest BCUT2D eigenvalue weighted by Crippen LogP contribution is 2.22. The van der Waals surface area contributed by atoms with Gasteiger partial charge in [0.05, 0.1) is 12.3 Å². The van der Waals surface area contributed by atoms with Gasteiger partial charge in [0.2, 0.25) is 0 Å². The van der Waals surface area contributed by atoms with E-state index in [9.17, 15) is 9.59 Å². The normalized spacial score (nSPS) is 11.8. The molecule has 6 heteroatoms. The number of rotatable bonds is 5. The summed E-state index contributed by atoms with van der Waals surface area (Å²) in [4.78, 5) is 23.6. The van der Waals surface area contributed by atoms with Crippen molar-refractivity contribution in [2.75, 3.05) is 6.61 Å². The van der Waals surface area contributed by atoms with E-state index in [4.69, 9.17) is 9.15 Å². The Morgan fingerprint density at radius 2 is 2.05 bits per heavy atom. The first-order valence-electron chi connectivity index (χ1n) is 6.74. The highest BCUT2D eigenvalue weighted by atomic mass is 79.9. The third kappa shape index (κ3) is 3.98. The van der Waals surface area contributed by atoms with Crippen LogP contribution in [0.4, 0.5) is 0 Å². The lowest BCUT2D eigenvalue weighted by molar-refractivity contribution is -0.124. The Balaban J connectivity index is 1.87. The molecule has 1 atom stereocenters. The second kappa shape index (κ2) is 7.26. The van der Waals surface area contributed by atoms with Crippen molar-refractivity contribution < 1.29 is 18.7 Å². The van der Waals surface area contributed by atoms with Gasteiger partial charge < -0.3 is 14.5 Å². The van der Waals surface area contributed by atoms with Crippen molar-refractivity contribution in [1.29, 1.82) is 0 Å². The second-order valence-corrected chi connectivity index (χ2v) is 5.63. The molecule has 22 heavy (non-hydrogen) atoms. The Hall–Kier alpha value is -2.08. The molecule has 0 fully saturated rings. The zero-order chi connectivity index (χ0) is 16.1. The SMILES string of the molecule is Cc1occc1C(=O)OCC(=O)N[C@H](C)c1ccccc1Br. The summed E-state index contributed by atoms with van der Waals surface area (Å²) < 4.78 is 10.9. The maximum Gasteiger partial charge on any atom is 0.342 e. The number of esters is 1. The first kappa shape index (κ1) is 16.3. The van der Waals surface area contributed by atoms with Gasteiger partial charge in [0.25, 0.3) is 5.91 Å². The van der Waals surface area contributed by atoms with Crippen LogP contribution in [0.15, 0.2) is 45.5 Å². The standard InChI is InChI=1S/C16H16BrNO4/c1-10(12-5-3-4-6-14(12)17)18-15(19)9-22-16(20)13-7-8-21-11(13)2/h3-8,10H,9H2,1-2H3,(H,18,19)/t10-/m1/s1. The number of furan rings is 1. The Kier molecular flexibility index (Phi) is 5.38. The van der Waals surface area contributed by atoms with Crippen molar-refractivity contribution in [3.05, 3.63) is 58.0 Å². The molecule has 1 N–H and O–H groups in total. The van der Waals surface area contributed by atoms with Crippen LogP contribution in [0.25, 0.3) is 0 Å². The number of hydrogen-bond donors (Lipinski definition) is 1. The summed E-state index contributed by atoms with van der Waals surface area (Å²) in [6.07, 6.45) is 1.40. The van der Waals surface area contributed by atoms with Gasteiger partial charge >= 0.3 is 5.97 Å². The van der Waals surface area contributed by atoms with E-state index in [-0.39, 0.29) is 18.6 Å². The molecule has 2 rings (SSSR count). The van der Waals surface area contributed by atoms with Crippen LogP contribution < -0.4 is 5.32 Å². The summed E-state index contributed by atoms with van der Waals surface area (Å²) in [7, 11) is 0. The molecule has 0 unspecified atom stereocenters. The molecule has 1 aromatic heterocycles. The van der Waals surface area contributed by atoms with Crippen LogP contribution in [-0.4, -0.2) is 18.5 Å². The van der Waals surface area contributed by atoms with Gasteiger partial charge in [-0.2, -0.15) is 0 Å². The topological polar surface area (TPSA) is 68.5 Å². The predicted octanol–water partition coefficient (Wildman–Crippen LogP) is 3.38. The fourth-order valence-electron chi connectivity index (χ4n) is 1.99. The molecule has 0 spiro atoms. The van der Waals surface area contributed by atoms with Gasteiger partial charge in [-0.3, -0.25) is 4.79 Å². The van der Waals surface area contributed by atoms with Gasteiger partial charge in [-0.25, -0.2) is 4.79 Å². The zero-order valence-corrected chi connectivity index (χ0v) is 13.8. The smallest absolute Gasteiger partial charge is 0.342 e. The van der Waals surface area contributed by atoms with Gasteiger partial charge in [-0.1, -0.05) is 34.1 Å². The molecule has 0 saturated carbocycles. The summed E-state index contributed by atoms with van der Waals surface area (Å²) in [6, 6.07) is 8.92. The van der Waals surface area contributed by atoms with Crippen LogP contribution in [0.2, 0.25) is 0 Å². The van der Waals surface area contributed by atoms with Crippen LogP contribution in [0.1, 0.15) is 34.6 Å². The molecular formula is C16H16BrNO4. The molecule has 116 valence electrons. The summed E-state index contributed by atoms with van der Waals surface area (Å²) in [5.74, 6) is -0.473. The molecular weight excluding hydrogens is 350 g/mol. The van der Waals surface area contributed by atoms with E-state index in [0.717, 1.165) is 10.0 Å². The summed E-state index contributed by atoms with van der Waals surface area (Å²) in [5, 5.41) is 2.78. The van der Waals surface area contributed by atoms with Gasteiger partial charge in [-0.05, 0) is 31.5 Å². The van der Waals surface area contributed by atoms with E-state index in [1.165, 1.54) is 12.3 Å². The maximum atomic E-state index is 11.9. The number of carbonyl (C=O) groups excluding carboxylic acids is 2. The average Bonchev–Trinajstić information content (AvgIpc) is 2.91. The minimum absolute atomic E-state index is 0.197. The van der Waals surface area contributed by atoms with E-state index >= 15 is 0 Å². The van der Waals surface area contributed by atoms with E-state index in [2.05, 4.69) is 21.2 Å². The molecule has 0 aliphatic carbocycles. The fourth-order valence-corrected chi connectivity index (χ4v) is 2.62. The Labute approximate surface area is 136 Å². The van der Waals surface area contributed by atoms with E-state index in [1.807, 2.05) is 31.2 Å².